The molecule has 1 aromatic rings. The molecule has 1 aromatic carbocycles. The van der Waals surface area contributed by atoms with Crippen molar-refractivity contribution < 1.29 is 14.2 Å². The quantitative estimate of drug-likeness (QED) is 0.833. The van der Waals surface area contributed by atoms with Crippen molar-refractivity contribution in [2.45, 2.75) is 45.3 Å². The van der Waals surface area contributed by atoms with Gasteiger partial charge in [0.1, 0.15) is 6.10 Å². The molecule has 0 aliphatic carbocycles. The molecule has 0 radical (unpaired) electrons. The first kappa shape index (κ1) is 15.1. The van der Waals surface area contributed by atoms with Gasteiger partial charge in [-0.1, -0.05) is 13.0 Å². The standard InChI is InChI=1S/C16H25NO3/c1-3-13(17)9-12-5-6-15(16(10-12)19-4-2)20-14-7-8-18-11-14/h5-6,10,13-14H,3-4,7-9,11,17H2,1-2H3. The topological polar surface area (TPSA) is 53.7 Å². The lowest BCUT2D eigenvalue weighted by atomic mass is 10.0. The molecule has 1 heterocycles. The van der Waals surface area contributed by atoms with E-state index in [1.807, 2.05) is 19.1 Å². The summed E-state index contributed by atoms with van der Waals surface area (Å²) in [6, 6.07) is 6.30. The molecule has 1 fully saturated rings. The third kappa shape index (κ3) is 4.12. The monoisotopic (exact) mass is 279 g/mol. The number of hydrogen-bond donors (Lipinski definition) is 1. The zero-order valence-corrected chi connectivity index (χ0v) is 12.4. The highest BCUT2D eigenvalue weighted by atomic mass is 16.6. The number of nitrogens with two attached hydrogens (primary N) is 1. The van der Waals surface area contributed by atoms with Crippen LogP contribution in [0.4, 0.5) is 0 Å². The van der Waals surface area contributed by atoms with Crippen molar-refractivity contribution in [1.82, 2.24) is 0 Å². The van der Waals surface area contributed by atoms with Gasteiger partial charge in [0, 0.05) is 12.5 Å². The Balaban J connectivity index is 2.09. The Morgan fingerprint density at radius 3 is 2.85 bits per heavy atom. The fourth-order valence-electron chi connectivity index (χ4n) is 2.28. The summed E-state index contributed by atoms with van der Waals surface area (Å²) in [5.74, 6) is 1.61. The molecule has 2 unspecified atom stereocenters. The lowest BCUT2D eigenvalue weighted by Gasteiger charge is -2.17. The highest BCUT2D eigenvalue weighted by Gasteiger charge is 2.19. The van der Waals surface area contributed by atoms with Crippen molar-refractivity contribution in [1.29, 1.82) is 0 Å². The van der Waals surface area contributed by atoms with Crippen molar-refractivity contribution >= 4 is 0 Å². The molecule has 2 atom stereocenters. The smallest absolute Gasteiger partial charge is 0.161 e. The Labute approximate surface area is 121 Å². The Morgan fingerprint density at radius 2 is 2.20 bits per heavy atom. The maximum Gasteiger partial charge on any atom is 0.161 e. The van der Waals surface area contributed by atoms with Crippen LogP contribution in [-0.4, -0.2) is 32.0 Å². The van der Waals surface area contributed by atoms with E-state index in [-0.39, 0.29) is 12.1 Å². The summed E-state index contributed by atoms with van der Waals surface area (Å²) in [5, 5.41) is 0. The van der Waals surface area contributed by atoms with Crippen LogP contribution in [0, 0.1) is 0 Å². The molecule has 0 amide bonds. The lowest BCUT2D eigenvalue weighted by Crippen LogP contribution is -2.21. The van der Waals surface area contributed by atoms with Crippen LogP contribution < -0.4 is 15.2 Å². The molecule has 20 heavy (non-hydrogen) atoms. The fourth-order valence-corrected chi connectivity index (χ4v) is 2.28. The van der Waals surface area contributed by atoms with Crippen LogP contribution in [0.1, 0.15) is 32.3 Å². The van der Waals surface area contributed by atoms with Crippen LogP contribution >= 0.6 is 0 Å². The van der Waals surface area contributed by atoms with E-state index < -0.39 is 0 Å². The predicted molar refractivity (Wildman–Crippen MR) is 79.4 cm³/mol. The summed E-state index contributed by atoms with van der Waals surface area (Å²) in [4.78, 5) is 0. The Kier molecular flexibility index (Phi) is 5.68. The van der Waals surface area contributed by atoms with Gasteiger partial charge in [-0.25, -0.2) is 0 Å². The largest absolute Gasteiger partial charge is 0.490 e. The number of benzene rings is 1. The van der Waals surface area contributed by atoms with E-state index in [0.717, 1.165) is 37.4 Å². The molecule has 2 rings (SSSR count). The normalized spacial score (nSPS) is 19.9. The number of rotatable bonds is 7. The molecule has 1 aliphatic heterocycles. The molecule has 0 bridgehead atoms. The zero-order valence-electron chi connectivity index (χ0n) is 12.4. The van der Waals surface area contributed by atoms with Gasteiger partial charge in [0.15, 0.2) is 11.5 Å². The summed E-state index contributed by atoms with van der Waals surface area (Å²) in [6.45, 7) is 6.14. The first-order chi connectivity index (χ1) is 9.72. The summed E-state index contributed by atoms with van der Waals surface area (Å²) in [6.07, 6.45) is 2.91. The molecule has 4 nitrogen and oxygen atoms in total. The molecule has 0 aromatic heterocycles. The second-order valence-electron chi connectivity index (χ2n) is 5.19. The van der Waals surface area contributed by atoms with Gasteiger partial charge in [0.05, 0.1) is 19.8 Å². The van der Waals surface area contributed by atoms with Gasteiger partial charge in [-0.15, -0.1) is 0 Å². The van der Waals surface area contributed by atoms with E-state index >= 15 is 0 Å². The van der Waals surface area contributed by atoms with E-state index in [9.17, 15) is 0 Å². The molecule has 1 saturated heterocycles. The molecular weight excluding hydrogens is 254 g/mol. The Hall–Kier alpha value is -1.26. The minimum Gasteiger partial charge on any atom is -0.490 e. The van der Waals surface area contributed by atoms with Crippen molar-refractivity contribution in [2.75, 3.05) is 19.8 Å². The second kappa shape index (κ2) is 7.50. The SMILES string of the molecule is CCOc1cc(CC(N)CC)ccc1OC1CCOC1. The highest BCUT2D eigenvalue weighted by Crippen LogP contribution is 2.31. The molecule has 1 aliphatic rings. The molecular formula is C16H25NO3. The van der Waals surface area contributed by atoms with E-state index in [1.54, 1.807) is 0 Å². The fraction of sp³-hybridized carbons (Fsp3) is 0.625. The van der Waals surface area contributed by atoms with Crippen molar-refractivity contribution in [3.63, 3.8) is 0 Å². The van der Waals surface area contributed by atoms with Crippen LogP contribution in [-0.2, 0) is 11.2 Å². The van der Waals surface area contributed by atoms with E-state index in [4.69, 9.17) is 19.9 Å². The highest BCUT2D eigenvalue weighted by molar-refractivity contribution is 5.43. The van der Waals surface area contributed by atoms with Gasteiger partial charge in [0.25, 0.3) is 0 Å². The predicted octanol–water partition coefficient (Wildman–Crippen LogP) is 2.53. The first-order valence-corrected chi connectivity index (χ1v) is 7.48. The molecule has 0 saturated carbocycles. The van der Waals surface area contributed by atoms with Crippen LogP contribution in [0.25, 0.3) is 0 Å². The summed E-state index contributed by atoms with van der Waals surface area (Å²) >= 11 is 0. The molecule has 0 spiro atoms. The van der Waals surface area contributed by atoms with Gasteiger partial charge < -0.3 is 19.9 Å². The van der Waals surface area contributed by atoms with Crippen molar-refractivity contribution in [3.05, 3.63) is 23.8 Å². The van der Waals surface area contributed by atoms with Gasteiger partial charge in [-0.3, -0.25) is 0 Å². The molecule has 2 N–H and O–H groups in total. The minimum atomic E-state index is 0.137. The summed E-state index contributed by atoms with van der Waals surface area (Å²) < 4.78 is 17.0. The summed E-state index contributed by atoms with van der Waals surface area (Å²) in [7, 11) is 0. The van der Waals surface area contributed by atoms with Gasteiger partial charge in [-0.2, -0.15) is 0 Å². The van der Waals surface area contributed by atoms with Gasteiger partial charge >= 0.3 is 0 Å². The van der Waals surface area contributed by atoms with E-state index in [1.165, 1.54) is 5.56 Å². The average Bonchev–Trinajstić information content (AvgIpc) is 2.95. The second-order valence-corrected chi connectivity index (χ2v) is 5.19. The molecule has 112 valence electrons. The van der Waals surface area contributed by atoms with E-state index in [2.05, 4.69) is 13.0 Å². The third-order valence-corrected chi connectivity index (χ3v) is 3.51. The van der Waals surface area contributed by atoms with Crippen molar-refractivity contribution in [3.8, 4) is 11.5 Å². The minimum absolute atomic E-state index is 0.137. The maximum atomic E-state index is 6.01. The van der Waals surface area contributed by atoms with E-state index in [0.29, 0.717) is 13.2 Å². The van der Waals surface area contributed by atoms with Gasteiger partial charge in [0.2, 0.25) is 0 Å². The van der Waals surface area contributed by atoms with Crippen LogP contribution in [0.2, 0.25) is 0 Å². The zero-order chi connectivity index (χ0) is 14.4. The average molecular weight is 279 g/mol. The van der Waals surface area contributed by atoms with Crippen LogP contribution in [0.15, 0.2) is 18.2 Å². The Morgan fingerprint density at radius 1 is 1.35 bits per heavy atom. The number of hydrogen-bond acceptors (Lipinski definition) is 4. The lowest BCUT2D eigenvalue weighted by molar-refractivity contribution is 0.138. The summed E-state index contributed by atoms with van der Waals surface area (Å²) in [5.41, 5.74) is 7.20. The first-order valence-electron chi connectivity index (χ1n) is 7.48. The maximum absolute atomic E-state index is 6.01. The Bertz CT molecular complexity index is 416. The molecule has 4 heteroatoms. The number of ether oxygens (including phenoxy) is 3. The van der Waals surface area contributed by atoms with Crippen LogP contribution in [0.5, 0.6) is 11.5 Å². The third-order valence-electron chi connectivity index (χ3n) is 3.51. The van der Waals surface area contributed by atoms with Gasteiger partial charge in [-0.05, 0) is 37.5 Å². The van der Waals surface area contributed by atoms with Crippen molar-refractivity contribution in [2.24, 2.45) is 5.73 Å². The van der Waals surface area contributed by atoms with Crippen LogP contribution in [0.3, 0.4) is 0 Å².